The van der Waals surface area contributed by atoms with Crippen LogP contribution in [0.5, 0.6) is 5.75 Å². The van der Waals surface area contributed by atoms with Crippen LogP contribution in [0.3, 0.4) is 0 Å². The van der Waals surface area contributed by atoms with Gasteiger partial charge >= 0.3 is 0 Å². The number of carbonyl (C=O) groups excluding carboxylic acids is 1. The zero-order valence-corrected chi connectivity index (χ0v) is 17.8. The highest BCUT2D eigenvalue weighted by molar-refractivity contribution is 5.91. The molecule has 2 aromatic carbocycles. The van der Waals surface area contributed by atoms with Crippen molar-refractivity contribution in [3.8, 4) is 5.75 Å². The van der Waals surface area contributed by atoms with Gasteiger partial charge in [0.2, 0.25) is 5.91 Å². The van der Waals surface area contributed by atoms with Gasteiger partial charge in [-0.2, -0.15) is 0 Å². The Bertz CT molecular complexity index is 764. The van der Waals surface area contributed by atoms with Gasteiger partial charge in [0.15, 0.2) is 5.96 Å². The van der Waals surface area contributed by atoms with E-state index >= 15 is 0 Å². The number of methoxy groups -OCH3 is 1. The fraction of sp³-hybridized carbons (Fsp3) is 0.391. The van der Waals surface area contributed by atoms with Crippen LogP contribution in [0.15, 0.2) is 59.6 Å². The van der Waals surface area contributed by atoms with E-state index in [9.17, 15) is 4.79 Å². The molecule has 0 fully saturated rings. The molecule has 0 spiro atoms. The topological polar surface area (TPSA) is 84.0 Å². The molecular formula is C23H32N4O3. The summed E-state index contributed by atoms with van der Waals surface area (Å²) in [6, 6.07) is 17.3. The molecule has 0 saturated carbocycles. The first-order valence-electron chi connectivity index (χ1n) is 10.3. The maximum Gasteiger partial charge on any atom is 0.226 e. The number of guanidine groups is 1. The fourth-order valence-electron chi connectivity index (χ4n) is 2.64. The van der Waals surface area contributed by atoms with E-state index in [1.54, 1.807) is 7.11 Å². The third kappa shape index (κ3) is 9.43. The zero-order chi connectivity index (χ0) is 21.4. The monoisotopic (exact) mass is 412 g/mol. The second kappa shape index (κ2) is 14.0. The summed E-state index contributed by atoms with van der Waals surface area (Å²) >= 11 is 0. The van der Waals surface area contributed by atoms with Gasteiger partial charge in [0.25, 0.3) is 0 Å². The summed E-state index contributed by atoms with van der Waals surface area (Å²) in [5, 5.41) is 9.41. The number of nitrogens with zero attached hydrogens (tertiary/aromatic N) is 1. The van der Waals surface area contributed by atoms with Crippen molar-refractivity contribution < 1.29 is 14.3 Å². The first-order valence-corrected chi connectivity index (χ1v) is 10.3. The highest BCUT2D eigenvalue weighted by Gasteiger charge is 2.04. The molecule has 162 valence electrons. The van der Waals surface area contributed by atoms with Crippen molar-refractivity contribution >= 4 is 17.6 Å². The van der Waals surface area contributed by atoms with Crippen LogP contribution in [-0.4, -0.2) is 45.3 Å². The molecule has 0 aliphatic rings. The third-order valence-corrected chi connectivity index (χ3v) is 4.24. The summed E-state index contributed by atoms with van der Waals surface area (Å²) in [5.41, 5.74) is 1.87. The number of anilines is 1. The molecule has 2 aromatic rings. The number of aliphatic imine (C=N–C) groups is 1. The van der Waals surface area contributed by atoms with Crippen molar-refractivity contribution in [2.24, 2.45) is 4.99 Å². The second-order valence-electron chi connectivity index (χ2n) is 6.58. The summed E-state index contributed by atoms with van der Waals surface area (Å²) in [4.78, 5) is 16.8. The van der Waals surface area contributed by atoms with Gasteiger partial charge in [-0.25, -0.2) is 4.99 Å². The average Bonchev–Trinajstić information content (AvgIpc) is 2.78. The number of benzene rings is 2. The molecule has 0 unspecified atom stereocenters. The lowest BCUT2D eigenvalue weighted by atomic mass is 10.2. The number of para-hydroxylation sites is 1. The minimum absolute atomic E-state index is 0.0421. The van der Waals surface area contributed by atoms with E-state index in [2.05, 4.69) is 20.9 Å². The van der Waals surface area contributed by atoms with E-state index in [0.29, 0.717) is 38.7 Å². The Morgan fingerprint density at radius 1 is 1.00 bits per heavy atom. The molecule has 0 heterocycles. The maximum absolute atomic E-state index is 12.1. The predicted molar refractivity (Wildman–Crippen MR) is 121 cm³/mol. The van der Waals surface area contributed by atoms with Crippen molar-refractivity contribution in [3.63, 3.8) is 0 Å². The summed E-state index contributed by atoms with van der Waals surface area (Å²) < 4.78 is 10.6. The van der Waals surface area contributed by atoms with Gasteiger partial charge in [-0.05, 0) is 43.2 Å². The van der Waals surface area contributed by atoms with E-state index in [-0.39, 0.29) is 5.91 Å². The van der Waals surface area contributed by atoms with Crippen LogP contribution in [0.1, 0.15) is 25.3 Å². The summed E-state index contributed by atoms with van der Waals surface area (Å²) in [6.07, 6.45) is 1.22. The number of hydrogen-bond donors (Lipinski definition) is 3. The van der Waals surface area contributed by atoms with Crippen molar-refractivity contribution in [2.75, 3.05) is 38.7 Å². The lowest BCUT2D eigenvalue weighted by Gasteiger charge is -2.13. The number of carbonyl (C=O) groups is 1. The lowest BCUT2D eigenvalue weighted by Crippen LogP contribution is -2.39. The normalized spacial score (nSPS) is 11.1. The van der Waals surface area contributed by atoms with Crippen LogP contribution < -0.4 is 20.7 Å². The summed E-state index contributed by atoms with van der Waals surface area (Å²) in [6.45, 7) is 5.16. The van der Waals surface area contributed by atoms with E-state index in [1.165, 1.54) is 0 Å². The molecule has 7 nitrogen and oxygen atoms in total. The minimum Gasteiger partial charge on any atom is -0.497 e. The van der Waals surface area contributed by atoms with E-state index in [1.807, 2.05) is 61.5 Å². The van der Waals surface area contributed by atoms with Gasteiger partial charge in [0.1, 0.15) is 5.75 Å². The Labute approximate surface area is 178 Å². The van der Waals surface area contributed by atoms with Gasteiger partial charge in [0, 0.05) is 38.4 Å². The number of nitrogens with one attached hydrogen (secondary N) is 3. The van der Waals surface area contributed by atoms with Crippen LogP contribution >= 0.6 is 0 Å². The fourth-order valence-corrected chi connectivity index (χ4v) is 2.64. The molecule has 2 rings (SSSR count). The SMILES string of the molecule is CCOCCCNC(=NCc1ccc(OC)cc1)NCCC(=O)Nc1ccccc1. The van der Waals surface area contributed by atoms with Crippen LogP contribution in [0.25, 0.3) is 0 Å². The van der Waals surface area contributed by atoms with E-state index < -0.39 is 0 Å². The Hall–Kier alpha value is -3.06. The number of amides is 1. The molecule has 0 atom stereocenters. The van der Waals surface area contributed by atoms with Crippen molar-refractivity contribution in [1.82, 2.24) is 10.6 Å². The van der Waals surface area contributed by atoms with Gasteiger partial charge < -0.3 is 25.4 Å². The average molecular weight is 413 g/mol. The van der Waals surface area contributed by atoms with Crippen LogP contribution in [-0.2, 0) is 16.1 Å². The molecule has 0 bridgehead atoms. The van der Waals surface area contributed by atoms with Crippen molar-refractivity contribution in [1.29, 1.82) is 0 Å². The van der Waals surface area contributed by atoms with Gasteiger partial charge in [-0.3, -0.25) is 4.79 Å². The third-order valence-electron chi connectivity index (χ3n) is 4.24. The van der Waals surface area contributed by atoms with E-state index in [0.717, 1.165) is 30.0 Å². The van der Waals surface area contributed by atoms with Gasteiger partial charge in [0.05, 0.1) is 13.7 Å². The molecule has 1 amide bonds. The summed E-state index contributed by atoms with van der Waals surface area (Å²) in [7, 11) is 1.65. The summed E-state index contributed by atoms with van der Waals surface area (Å²) in [5.74, 6) is 1.45. The number of hydrogen-bond acceptors (Lipinski definition) is 4. The Morgan fingerprint density at radius 2 is 1.73 bits per heavy atom. The van der Waals surface area contributed by atoms with E-state index in [4.69, 9.17) is 9.47 Å². The van der Waals surface area contributed by atoms with Crippen molar-refractivity contribution in [2.45, 2.75) is 26.3 Å². The van der Waals surface area contributed by atoms with Crippen molar-refractivity contribution in [3.05, 3.63) is 60.2 Å². The first kappa shape index (κ1) is 23.2. The quantitative estimate of drug-likeness (QED) is 0.283. The molecule has 30 heavy (non-hydrogen) atoms. The zero-order valence-electron chi connectivity index (χ0n) is 17.8. The van der Waals surface area contributed by atoms with Gasteiger partial charge in [-0.1, -0.05) is 30.3 Å². The molecular weight excluding hydrogens is 380 g/mol. The van der Waals surface area contributed by atoms with Gasteiger partial charge in [-0.15, -0.1) is 0 Å². The predicted octanol–water partition coefficient (Wildman–Crippen LogP) is 3.19. The van der Waals surface area contributed by atoms with Crippen LogP contribution in [0, 0.1) is 0 Å². The largest absolute Gasteiger partial charge is 0.497 e. The van der Waals surface area contributed by atoms with Crippen LogP contribution in [0.2, 0.25) is 0 Å². The molecule has 0 radical (unpaired) electrons. The smallest absolute Gasteiger partial charge is 0.226 e. The van der Waals surface area contributed by atoms with Crippen LogP contribution in [0.4, 0.5) is 5.69 Å². The number of ether oxygens (including phenoxy) is 2. The Balaban J connectivity index is 1.83. The molecule has 0 aromatic heterocycles. The highest BCUT2D eigenvalue weighted by atomic mass is 16.5. The molecule has 0 aliphatic heterocycles. The molecule has 0 saturated heterocycles. The first-order chi connectivity index (χ1) is 14.7. The highest BCUT2D eigenvalue weighted by Crippen LogP contribution is 2.11. The Kier molecular flexibility index (Phi) is 10.8. The molecule has 0 aliphatic carbocycles. The maximum atomic E-state index is 12.1. The standard InChI is InChI=1S/C23H32N4O3/c1-3-30-17-7-15-24-23(26-18-19-10-12-21(29-2)13-11-19)25-16-14-22(28)27-20-8-5-4-6-9-20/h4-6,8-13H,3,7,14-18H2,1-2H3,(H,27,28)(H2,24,25,26). The Morgan fingerprint density at radius 3 is 2.43 bits per heavy atom. The number of rotatable bonds is 12. The second-order valence-corrected chi connectivity index (χ2v) is 6.58. The molecule has 3 N–H and O–H groups in total. The molecule has 7 heteroatoms. The minimum atomic E-state index is -0.0421. The lowest BCUT2D eigenvalue weighted by molar-refractivity contribution is -0.116.